The topological polar surface area (TPSA) is 64.3 Å². The Morgan fingerprint density at radius 1 is 0.333 bits per heavy atom. The van der Waals surface area contributed by atoms with Crippen LogP contribution in [0, 0.1) is 6.58 Å². The summed E-state index contributed by atoms with van der Waals surface area (Å²) in [5.41, 5.74) is 0. The molecule has 0 fully saturated rings. The summed E-state index contributed by atoms with van der Waals surface area (Å²) < 4.78 is 0. The van der Waals surface area contributed by atoms with E-state index in [1.165, 1.54) is 0 Å². The fourth-order valence-electron chi connectivity index (χ4n) is 10.1. The molecule has 0 heterocycles. The number of hydrogen-bond acceptors (Lipinski definition) is 2. The summed E-state index contributed by atoms with van der Waals surface area (Å²) in [6.07, 6.45) is 0. The molecule has 3 nitrogen and oxygen atoms in total. The molecule has 0 aromatic carbocycles. The molecule has 0 saturated carbocycles. The predicted molar refractivity (Wildman–Crippen MR) is 213 cm³/mol. The van der Waals surface area contributed by atoms with Crippen molar-refractivity contribution in [1.82, 2.24) is 0 Å². The molecule has 3 N–H and O–H groups in total. The third kappa shape index (κ3) is 12.4. The molecular formula is C38H87NO2Si3Ti. The van der Waals surface area contributed by atoms with E-state index in [4.69, 9.17) is 5.40 Å². The van der Waals surface area contributed by atoms with Crippen molar-refractivity contribution in [3.05, 3.63) is 18.6 Å². The SMILES string of the molecule is CC(C)(C)[Si](O)(C(C)(C)C)C(C)(C)C.CC(C)(C)[Si](O)(C(C)(C)C)C(C)(C)C.CC(C)(C)[Si]([NH-])(C(C)(C)C)C(C)(C)C.[CH-]=C.[Ti+2]. The minimum atomic E-state index is -2.35. The molecule has 7 heteroatoms. The van der Waals surface area contributed by atoms with E-state index in [1.54, 1.807) is 0 Å². The molecule has 0 aromatic heterocycles. The van der Waals surface area contributed by atoms with E-state index in [0.717, 1.165) is 0 Å². The Kier molecular flexibility index (Phi) is 20.1. The van der Waals surface area contributed by atoms with Gasteiger partial charge in [0.1, 0.15) is 0 Å². The van der Waals surface area contributed by atoms with E-state index in [-0.39, 0.29) is 67.1 Å². The summed E-state index contributed by atoms with van der Waals surface area (Å²) in [6.45, 7) is 66.3. The minimum absolute atomic E-state index is 0. The van der Waals surface area contributed by atoms with Gasteiger partial charge in [0.25, 0.3) is 0 Å². The van der Waals surface area contributed by atoms with Gasteiger partial charge in [-0.2, -0.15) is 0 Å². The largest absolute Gasteiger partial charge is 2.00 e. The van der Waals surface area contributed by atoms with Crippen molar-refractivity contribution in [2.24, 2.45) is 0 Å². The first-order chi connectivity index (χ1) is 18.2. The van der Waals surface area contributed by atoms with Crippen molar-refractivity contribution in [2.75, 3.05) is 0 Å². The maximum Gasteiger partial charge on any atom is 2.00 e. The first-order valence-corrected chi connectivity index (χ1v) is 22.7. The third-order valence-corrected chi connectivity index (χ3v) is 29.7. The van der Waals surface area contributed by atoms with Gasteiger partial charge in [0.15, 0.2) is 0 Å². The van der Waals surface area contributed by atoms with Crippen LogP contribution >= 0.6 is 0 Å². The van der Waals surface area contributed by atoms with Gasteiger partial charge in [-0.25, -0.2) is 0 Å². The molecule has 0 bridgehead atoms. The van der Waals surface area contributed by atoms with Crippen LogP contribution < -0.4 is 0 Å². The van der Waals surface area contributed by atoms with Gasteiger partial charge in [-0.3, -0.25) is 6.58 Å². The Hall–Kier alpha value is 0.985. The number of rotatable bonds is 0. The Morgan fingerprint density at radius 2 is 0.422 bits per heavy atom. The van der Waals surface area contributed by atoms with Crippen LogP contribution in [0.15, 0.2) is 6.58 Å². The van der Waals surface area contributed by atoms with Crippen molar-refractivity contribution in [2.45, 2.75) is 232 Å². The van der Waals surface area contributed by atoms with E-state index in [9.17, 15) is 9.59 Å². The molecule has 272 valence electrons. The van der Waals surface area contributed by atoms with Gasteiger partial charge in [0.2, 0.25) is 16.6 Å². The molecule has 45 heavy (non-hydrogen) atoms. The molecular weight excluding hydrogens is 635 g/mol. The normalized spacial score (nSPS) is 14.9. The third-order valence-electron chi connectivity index (χ3n) is 9.89. The molecule has 0 saturated heterocycles. The van der Waals surface area contributed by atoms with Crippen LogP contribution in [-0.4, -0.2) is 34.5 Å². The van der Waals surface area contributed by atoms with Gasteiger partial charge in [-0.1, -0.05) is 202 Å². The molecule has 0 amide bonds. The van der Waals surface area contributed by atoms with Crippen LogP contribution in [0.25, 0.3) is 5.40 Å². The monoisotopic (exact) mass is 722 g/mol. The molecule has 0 aliphatic heterocycles. The van der Waals surface area contributed by atoms with Crippen LogP contribution in [0.3, 0.4) is 0 Å². The first kappa shape index (κ1) is 55.4. The Balaban J connectivity index is -0.000000171. The Morgan fingerprint density at radius 3 is 0.422 bits per heavy atom. The minimum Gasteiger partial charge on any atom is -0.678 e. The van der Waals surface area contributed by atoms with E-state index in [2.05, 4.69) is 200 Å². The zero-order valence-electron chi connectivity index (χ0n) is 36.2. The second-order valence-corrected chi connectivity index (χ2v) is 40.3. The fraction of sp³-hybridized carbons (Fsp3) is 0.947. The van der Waals surface area contributed by atoms with Gasteiger partial charge in [0.05, 0.1) is 0 Å². The zero-order chi connectivity index (χ0) is 38.0. The molecule has 0 rings (SSSR count). The summed E-state index contributed by atoms with van der Waals surface area (Å²) >= 11 is 0. The van der Waals surface area contributed by atoms with E-state index in [0.29, 0.717) is 0 Å². The standard InChI is InChI=1S/C12H28NSi.2C12H28OSi.C2H3.Ti/c3*1-10(2,3)14(13,11(4,5)6)12(7,8)9;1-2;/h3*13H,1-9H3;1H,2H2;/q-1;;;-1;+2. The summed E-state index contributed by atoms with van der Waals surface area (Å²) in [7, 11) is -6.81. The van der Waals surface area contributed by atoms with Gasteiger partial charge in [-0.05, 0) is 38.5 Å². The van der Waals surface area contributed by atoms with Gasteiger partial charge < -0.3 is 21.6 Å². The molecule has 0 spiro atoms. The van der Waals surface area contributed by atoms with E-state index >= 15 is 0 Å². The Labute approximate surface area is 305 Å². The van der Waals surface area contributed by atoms with Crippen molar-refractivity contribution in [1.29, 1.82) is 0 Å². The quantitative estimate of drug-likeness (QED) is 0.193. The first-order valence-electron chi connectivity index (χ1n) is 16.9. The van der Waals surface area contributed by atoms with Crippen LogP contribution in [0.1, 0.15) is 187 Å². The maximum atomic E-state index is 11.2. The van der Waals surface area contributed by atoms with Gasteiger partial charge in [0, 0.05) is 0 Å². The molecule has 0 aromatic rings. The van der Waals surface area contributed by atoms with Gasteiger partial charge >= 0.3 is 21.7 Å². The second-order valence-electron chi connectivity index (χ2n) is 22.4. The number of nitrogens with one attached hydrogen (secondary N) is 1. The average molecular weight is 722 g/mol. The van der Waals surface area contributed by atoms with Crippen LogP contribution in [0.2, 0.25) is 45.3 Å². The smallest absolute Gasteiger partial charge is 0.678 e. The van der Waals surface area contributed by atoms with E-state index < -0.39 is 24.9 Å². The van der Waals surface area contributed by atoms with Crippen molar-refractivity contribution < 1.29 is 31.3 Å². The van der Waals surface area contributed by atoms with Crippen LogP contribution in [-0.2, 0) is 21.7 Å². The number of hydrogen-bond donors (Lipinski definition) is 2. The van der Waals surface area contributed by atoms with Crippen molar-refractivity contribution in [3.8, 4) is 0 Å². The average Bonchev–Trinajstić information content (AvgIpc) is 2.66. The van der Waals surface area contributed by atoms with Crippen LogP contribution in [0.4, 0.5) is 0 Å². The van der Waals surface area contributed by atoms with Crippen LogP contribution in [0.5, 0.6) is 0 Å². The summed E-state index contributed by atoms with van der Waals surface area (Å²) in [5, 5.41) is 9.50. The molecule has 0 aliphatic carbocycles. The van der Waals surface area contributed by atoms with E-state index in [1.807, 2.05) is 0 Å². The van der Waals surface area contributed by atoms with Crippen molar-refractivity contribution in [3.63, 3.8) is 0 Å². The molecule has 0 atom stereocenters. The van der Waals surface area contributed by atoms with Gasteiger partial charge in [-0.15, -0.1) is 0 Å². The molecule has 0 unspecified atom stereocenters. The summed E-state index contributed by atoms with van der Waals surface area (Å²) in [5.74, 6) is 0. The second kappa shape index (κ2) is 16.3. The molecule has 0 radical (unpaired) electrons. The van der Waals surface area contributed by atoms with Crippen molar-refractivity contribution >= 4 is 24.9 Å². The summed E-state index contributed by atoms with van der Waals surface area (Å²) in [6, 6.07) is 0. The predicted octanol–water partition coefficient (Wildman–Crippen LogP) is 14.6. The molecule has 0 aliphatic rings. The summed E-state index contributed by atoms with van der Waals surface area (Å²) in [4.78, 5) is 22.3. The fourth-order valence-corrected chi connectivity index (χ4v) is 30.4. The maximum absolute atomic E-state index is 11.2. The Bertz CT molecular complexity index is 631. The zero-order valence-corrected chi connectivity index (χ0v) is 40.7.